The van der Waals surface area contributed by atoms with Gasteiger partial charge in [-0.1, -0.05) is 44.4 Å². The highest BCUT2D eigenvalue weighted by Gasteiger charge is 2.24. The molecule has 1 aromatic carbocycles. The zero-order valence-electron chi connectivity index (χ0n) is 11.8. The fourth-order valence-electron chi connectivity index (χ4n) is 2.92. The van der Waals surface area contributed by atoms with E-state index < -0.39 is 0 Å². The summed E-state index contributed by atoms with van der Waals surface area (Å²) in [4.78, 5) is 2.51. The minimum absolute atomic E-state index is 0.521. The zero-order valence-corrected chi connectivity index (χ0v) is 13.3. The SMILES string of the molecule is CC(C)CN(c1ccc(CCl)cc1Cl)C1CCCC1. The van der Waals surface area contributed by atoms with Crippen LogP contribution in [0.1, 0.15) is 45.1 Å². The van der Waals surface area contributed by atoms with Gasteiger partial charge in [0.25, 0.3) is 0 Å². The van der Waals surface area contributed by atoms with Gasteiger partial charge < -0.3 is 4.90 Å². The number of halogens is 2. The summed E-state index contributed by atoms with van der Waals surface area (Å²) in [6, 6.07) is 6.89. The molecular weight excluding hydrogens is 277 g/mol. The summed E-state index contributed by atoms with van der Waals surface area (Å²) in [7, 11) is 0. The molecule has 3 heteroatoms. The van der Waals surface area contributed by atoms with E-state index in [9.17, 15) is 0 Å². The lowest BCUT2D eigenvalue weighted by molar-refractivity contribution is 0.536. The Morgan fingerprint density at radius 1 is 1.26 bits per heavy atom. The van der Waals surface area contributed by atoms with E-state index in [4.69, 9.17) is 23.2 Å². The van der Waals surface area contributed by atoms with E-state index >= 15 is 0 Å². The smallest absolute Gasteiger partial charge is 0.0642 e. The van der Waals surface area contributed by atoms with Crippen molar-refractivity contribution in [2.45, 2.75) is 51.5 Å². The molecule has 1 aliphatic rings. The lowest BCUT2D eigenvalue weighted by Gasteiger charge is -2.33. The highest BCUT2D eigenvalue weighted by atomic mass is 35.5. The summed E-state index contributed by atoms with van der Waals surface area (Å²) in [6.07, 6.45) is 5.27. The van der Waals surface area contributed by atoms with Gasteiger partial charge in [0.2, 0.25) is 0 Å². The molecule has 0 spiro atoms. The molecule has 0 saturated heterocycles. The molecule has 0 amide bonds. The van der Waals surface area contributed by atoms with E-state index in [-0.39, 0.29) is 0 Å². The first-order valence-electron chi connectivity index (χ1n) is 7.23. The van der Waals surface area contributed by atoms with Crippen LogP contribution in [0.25, 0.3) is 0 Å². The number of alkyl halides is 1. The molecule has 19 heavy (non-hydrogen) atoms. The van der Waals surface area contributed by atoms with Crippen LogP contribution in [0.4, 0.5) is 5.69 Å². The average Bonchev–Trinajstić information content (AvgIpc) is 2.89. The van der Waals surface area contributed by atoms with Crippen molar-refractivity contribution in [3.63, 3.8) is 0 Å². The van der Waals surface area contributed by atoms with Crippen LogP contribution >= 0.6 is 23.2 Å². The molecule has 0 heterocycles. The normalized spacial score (nSPS) is 16.3. The minimum Gasteiger partial charge on any atom is -0.367 e. The molecule has 0 aliphatic heterocycles. The Bertz CT molecular complexity index is 411. The molecular formula is C16H23Cl2N. The number of hydrogen-bond acceptors (Lipinski definition) is 1. The maximum Gasteiger partial charge on any atom is 0.0642 e. The van der Waals surface area contributed by atoms with Gasteiger partial charge in [-0.2, -0.15) is 0 Å². The summed E-state index contributed by atoms with van der Waals surface area (Å²) >= 11 is 12.3. The quantitative estimate of drug-likeness (QED) is 0.650. The van der Waals surface area contributed by atoms with Gasteiger partial charge in [-0.05, 0) is 36.5 Å². The third kappa shape index (κ3) is 3.79. The molecule has 0 atom stereocenters. The topological polar surface area (TPSA) is 3.24 Å². The van der Waals surface area contributed by atoms with E-state index in [2.05, 4.69) is 30.9 Å². The number of hydrogen-bond donors (Lipinski definition) is 0. The van der Waals surface area contributed by atoms with Crippen molar-refractivity contribution in [1.29, 1.82) is 0 Å². The van der Waals surface area contributed by atoms with Crippen molar-refractivity contribution >= 4 is 28.9 Å². The molecule has 0 aromatic heterocycles. The summed E-state index contributed by atoms with van der Waals surface area (Å²) < 4.78 is 0. The second-order valence-electron chi connectivity index (χ2n) is 5.90. The number of anilines is 1. The monoisotopic (exact) mass is 299 g/mol. The molecule has 0 bridgehead atoms. The van der Waals surface area contributed by atoms with Gasteiger partial charge in [0.15, 0.2) is 0 Å². The predicted molar refractivity (Wildman–Crippen MR) is 85.4 cm³/mol. The largest absolute Gasteiger partial charge is 0.367 e. The van der Waals surface area contributed by atoms with E-state index in [0.717, 1.165) is 17.1 Å². The number of rotatable bonds is 5. The van der Waals surface area contributed by atoms with Crippen LogP contribution in [0.3, 0.4) is 0 Å². The molecule has 0 N–H and O–H groups in total. The Hall–Kier alpha value is -0.400. The van der Waals surface area contributed by atoms with Crippen molar-refractivity contribution in [2.75, 3.05) is 11.4 Å². The lowest BCUT2D eigenvalue weighted by atomic mass is 10.1. The second kappa shape index (κ2) is 6.85. The minimum atomic E-state index is 0.521. The van der Waals surface area contributed by atoms with Crippen molar-refractivity contribution < 1.29 is 0 Å². The van der Waals surface area contributed by atoms with Gasteiger partial charge in [-0.3, -0.25) is 0 Å². The maximum atomic E-state index is 6.46. The molecule has 1 aliphatic carbocycles. The standard InChI is InChI=1S/C16H23Cl2N/c1-12(2)11-19(14-5-3-4-6-14)16-8-7-13(10-17)9-15(16)18/h7-9,12,14H,3-6,10-11H2,1-2H3. The van der Waals surface area contributed by atoms with Crippen LogP contribution in [0.2, 0.25) is 5.02 Å². The molecule has 1 fully saturated rings. The number of benzene rings is 1. The summed E-state index contributed by atoms with van der Waals surface area (Å²) in [5.41, 5.74) is 2.27. The maximum absolute atomic E-state index is 6.46. The highest BCUT2D eigenvalue weighted by Crippen LogP contribution is 2.34. The van der Waals surface area contributed by atoms with Crippen LogP contribution in [0.15, 0.2) is 18.2 Å². The van der Waals surface area contributed by atoms with E-state index in [1.807, 2.05) is 6.07 Å². The Balaban J connectivity index is 2.26. The number of nitrogens with zero attached hydrogens (tertiary/aromatic N) is 1. The Kier molecular flexibility index (Phi) is 5.41. The van der Waals surface area contributed by atoms with Gasteiger partial charge in [0.05, 0.1) is 10.7 Å². The van der Waals surface area contributed by atoms with Crippen molar-refractivity contribution in [1.82, 2.24) is 0 Å². The van der Waals surface area contributed by atoms with E-state index in [1.54, 1.807) is 0 Å². The fourth-order valence-corrected chi connectivity index (χ4v) is 3.40. The third-order valence-corrected chi connectivity index (χ3v) is 4.41. The molecule has 0 radical (unpaired) electrons. The summed E-state index contributed by atoms with van der Waals surface area (Å²) in [6.45, 7) is 5.61. The van der Waals surface area contributed by atoms with Crippen molar-refractivity contribution in [3.05, 3.63) is 28.8 Å². The van der Waals surface area contributed by atoms with Gasteiger partial charge in [0.1, 0.15) is 0 Å². The second-order valence-corrected chi connectivity index (χ2v) is 6.58. The Morgan fingerprint density at radius 2 is 1.95 bits per heavy atom. The summed E-state index contributed by atoms with van der Waals surface area (Å²) in [5, 5.41) is 0.839. The third-order valence-electron chi connectivity index (χ3n) is 3.80. The molecule has 2 rings (SSSR count). The van der Waals surface area contributed by atoms with Crippen molar-refractivity contribution in [2.24, 2.45) is 5.92 Å². The van der Waals surface area contributed by atoms with Crippen LogP contribution in [-0.4, -0.2) is 12.6 Å². The van der Waals surface area contributed by atoms with Gasteiger partial charge in [-0.25, -0.2) is 0 Å². The lowest BCUT2D eigenvalue weighted by Crippen LogP contribution is -2.36. The zero-order chi connectivity index (χ0) is 13.8. The fraction of sp³-hybridized carbons (Fsp3) is 0.625. The van der Waals surface area contributed by atoms with Gasteiger partial charge >= 0.3 is 0 Å². The Labute approximate surface area is 126 Å². The highest BCUT2D eigenvalue weighted by molar-refractivity contribution is 6.33. The molecule has 1 saturated carbocycles. The Morgan fingerprint density at radius 3 is 2.47 bits per heavy atom. The van der Waals surface area contributed by atoms with Gasteiger partial charge in [-0.15, -0.1) is 11.6 Å². The van der Waals surface area contributed by atoms with Crippen LogP contribution in [-0.2, 0) is 5.88 Å². The molecule has 1 nitrogen and oxygen atoms in total. The van der Waals surface area contributed by atoms with Gasteiger partial charge in [0, 0.05) is 18.5 Å². The first kappa shape index (κ1) is 15.0. The van der Waals surface area contributed by atoms with E-state index in [0.29, 0.717) is 17.8 Å². The molecule has 1 aromatic rings. The van der Waals surface area contributed by atoms with Crippen LogP contribution in [0.5, 0.6) is 0 Å². The van der Waals surface area contributed by atoms with E-state index in [1.165, 1.54) is 31.4 Å². The van der Waals surface area contributed by atoms with Crippen LogP contribution < -0.4 is 4.90 Å². The predicted octanol–water partition coefficient (Wildman–Crippen LogP) is 5.48. The average molecular weight is 300 g/mol. The van der Waals surface area contributed by atoms with Crippen molar-refractivity contribution in [3.8, 4) is 0 Å². The summed E-state index contributed by atoms with van der Waals surface area (Å²) in [5.74, 6) is 1.16. The molecule has 0 unspecified atom stereocenters. The van der Waals surface area contributed by atoms with Crippen LogP contribution in [0, 0.1) is 5.92 Å². The first-order chi connectivity index (χ1) is 9.11. The molecule has 106 valence electrons. The first-order valence-corrected chi connectivity index (χ1v) is 8.14.